The van der Waals surface area contributed by atoms with Crippen LogP contribution in [0.5, 0.6) is 0 Å². The Morgan fingerprint density at radius 3 is 2.42 bits per heavy atom. The molecule has 6 nitrogen and oxygen atoms in total. The predicted molar refractivity (Wildman–Crippen MR) is 83.5 cm³/mol. The zero-order valence-corrected chi connectivity index (χ0v) is 13.7. The van der Waals surface area contributed by atoms with Crippen LogP contribution in [0.3, 0.4) is 0 Å². The lowest BCUT2D eigenvalue weighted by Crippen LogP contribution is -2.14. The van der Waals surface area contributed by atoms with Gasteiger partial charge in [0.25, 0.3) is 5.91 Å². The van der Waals surface area contributed by atoms with Crippen molar-refractivity contribution in [3.63, 3.8) is 0 Å². The van der Waals surface area contributed by atoms with Gasteiger partial charge in [0.1, 0.15) is 0 Å². The number of benzene rings is 1. The van der Waals surface area contributed by atoms with Crippen LogP contribution in [-0.4, -0.2) is 25.5 Å². The molecule has 10 heteroatoms. The van der Waals surface area contributed by atoms with Crippen molar-refractivity contribution < 1.29 is 22.4 Å². The van der Waals surface area contributed by atoms with E-state index in [4.69, 9.17) is 0 Å². The molecule has 0 unspecified atom stereocenters. The van der Waals surface area contributed by atoms with Gasteiger partial charge in [0.15, 0.2) is 29.1 Å². The number of amides is 1. The summed E-state index contributed by atoms with van der Waals surface area (Å²) in [6, 6.07) is 1.52. The summed E-state index contributed by atoms with van der Waals surface area (Å²) in [5.74, 6) is -6.32. The highest BCUT2D eigenvalue weighted by Gasteiger charge is 2.20. The summed E-state index contributed by atoms with van der Waals surface area (Å²) in [7, 11) is 1.68. The van der Waals surface area contributed by atoms with E-state index in [0.29, 0.717) is 11.3 Å². The van der Waals surface area contributed by atoms with Gasteiger partial charge < -0.3 is 5.32 Å². The first-order chi connectivity index (χ1) is 12.3. The van der Waals surface area contributed by atoms with E-state index in [1.807, 2.05) is 0 Å². The second-order valence-corrected chi connectivity index (χ2v) is 5.57. The largest absolute Gasteiger partial charge is 0.305 e. The first-order valence-corrected chi connectivity index (χ1v) is 7.43. The summed E-state index contributed by atoms with van der Waals surface area (Å²) < 4.78 is 56.5. The minimum absolute atomic E-state index is 0.107. The van der Waals surface area contributed by atoms with Crippen LogP contribution in [0.2, 0.25) is 0 Å². The molecule has 136 valence electrons. The monoisotopic (exact) mass is 367 g/mol. The van der Waals surface area contributed by atoms with Gasteiger partial charge in [0.2, 0.25) is 0 Å². The Kier molecular flexibility index (Phi) is 4.49. The van der Waals surface area contributed by atoms with Gasteiger partial charge in [-0.05, 0) is 6.92 Å². The SMILES string of the molecule is Cc1c(C(=O)Nc2ccn(Cc3c(F)c(F)cc(F)c3F)n2)cnn1C. The van der Waals surface area contributed by atoms with Crippen molar-refractivity contribution in [1.82, 2.24) is 19.6 Å². The van der Waals surface area contributed by atoms with Gasteiger partial charge in [-0.25, -0.2) is 17.6 Å². The van der Waals surface area contributed by atoms with Crippen LogP contribution in [0, 0.1) is 30.2 Å². The molecule has 1 aromatic carbocycles. The molecule has 3 aromatic rings. The molecule has 3 rings (SSSR count). The number of nitrogens with zero attached hydrogens (tertiary/aromatic N) is 4. The second-order valence-electron chi connectivity index (χ2n) is 5.57. The summed E-state index contributed by atoms with van der Waals surface area (Å²) >= 11 is 0. The first kappa shape index (κ1) is 17.6. The van der Waals surface area contributed by atoms with E-state index >= 15 is 0 Å². The maximum absolute atomic E-state index is 13.7. The Labute approximate surface area is 145 Å². The minimum atomic E-state index is -1.49. The van der Waals surface area contributed by atoms with Crippen LogP contribution in [0.4, 0.5) is 23.4 Å². The van der Waals surface area contributed by atoms with Gasteiger partial charge in [0, 0.05) is 31.1 Å². The fourth-order valence-corrected chi connectivity index (χ4v) is 2.35. The Morgan fingerprint density at radius 1 is 1.19 bits per heavy atom. The van der Waals surface area contributed by atoms with Gasteiger partial charge >= 0.3 is 0 Å². The molecule has 1 N–H and O–H groups in total. The van der Waals surface area contributed by atoms with Crippen LogP contribution in [0.15, 0.2) is 24.5 Å². The highest BCUT2D eigenvalue weighted by atomic mass is 19.2. The molecular formula is C16H13F4N5O. The van der Waals surface area contributed by atoms with E-state index in [1.165, 1.54) is 23.1 Å². The molecule has 0 fully saturated rings. The Bertz CT molecular complexity index is 969. The van der Waals surface area contributed by atoms with E-state index in [0.717, 1.165) is 4.68 Å². The maximum Gasteiger partial charge on any atom is 0.260 e. The molecule has 0 radical (unpaired) electrons. The van der Waals surface area contributed by atoms with Crippen molar-refractivity contribution in [2.75, 3.05) is 5.32 Å². The molecule has 0 bridgehead atoms. The summed E-state index contributed by atoms with van der Waals surface area (Å²) in [5.41, 5.74) is 0.180. The molecule has 0 aliphatic heterocycles. The zero-order valence-electron chi connectivity index (χ0n) is 13.7. The third kappa shape index (κ3) is 3.17. The van der Waals surface area contributed by atoms with Crippen molar-refractivity contribution in [3.8, 4) is 0 Å². The third-order valence-corrected chi connectivity index (χ3v) is 3.88. The third-order valence-electron chi connectivity index (χ3n) is 3.88. The van der Waals surface area contributed by atoms with E-state index in [9.17, 15) is 22.4 Å². The van der Waals surface area contributed by atoms with Gasteiger partial charge in [-0.3, -0.25) is 14.2 Å². The standard InChI is InChI=1S/C16H13F4N5O/c1-8-9(6-21-24(8)2)16(26)22-13-3-4-25(23-13)7-10-14(19)11(17)5-12(18)15(10)20/h3-6H,7H2,1-2H3,(H,22,23,26). The predicted octanol–water partition coefficient (Wildman–Crippen LogP) is 2.78. The number of hydrogen-bond donors (Lipinski definition) is 1. The molecule has 2 heterocycles. The highest BCUT2D eigenvalue weighted by Crippen LogP contribution is 2.20. The van der Waals surface area contributed by atoms with Crippen LogP contribution in [0.1, 0.15) is 21.6 Å². The van der Waals surface area contributed by atoms with Crippen LogP contribution >= 0.6 is 0 Å². The number of halogens is 4. The van der Waals surface area contributed by atoms with Crippen molar-refractivity contribution in [2.45, 2.75) is 13.5 Å². The lowest BCUT2D eigenvalue weighted by atomic mass is 10.2. The molecule has 2 aromatic heterocycles. The van der Waals surface area contributed by atoms with Gasteiger partial charge in [0.05, 0.1) is 23.9 Å². The number of carbonyl (C=O) groups is 1. The molecule has 0 spiro atoms. The Balaban J connectivity index is 1.79. The summed E-state index contributed by atoms with van der Waals surface area (Å²) in [6.45, 7) is 1.17. The first-order valence-electron chi connectivity index (χ1n) is 7.43. The van der Waals surface area contributed by atoms with Gasteiger partial charge in [-0.15, -0.1) is 0 Å². The molecule has 0 atom stereocenters. The van der Waals surface area contributed by atoms with E-state index < -0.39 is 41.3 Å². The molecular weight excluding hydrogens is 354 g/mol. The van der Waals surface area contributed by atoms with Crippen molar-refractivity contribution in [2.24, 2.45) is 7.05 Å². The highest BCUT2D eigenvalue weighted by molar-refractivity contribution is 6.04. The van der Waals surface area contributed by atoms with E-state index in [-0.39, 0.29) is 11.9 Å². The molecule has 0 saturated heterocycles. The lowest BCUT2D eigenvalue weighted by molar-refractivity contribution is 0.102. The van der Waals surface area contributed by atoms with Crippen molar-refractivity contribution >= 4 is 11.7 Å². The van der Waals surface area contributed by atoms with E-state index in [1.54, 1.807) is 14.0 Å². The molecule has 26 heavy (non-hydrogen) atoms. The average Bonchev–Trinajstić information content (AvgIpc) is 3.17. The average molecular weight is 367 g/mol. The quantitative estimate of drug-likeness (QED) is 0.570. The van der Waals surface area contributed by atoms with Gasteiger partial charge in [-0.2, -0.15) is 10.2 Å². The van der Waals surface area contributed by atoms with E-state index in [2.05, 4.69) is 15.5 Å². The van der Waals surface area contributed by atoms with Crippen LogP contribution in [0.25, 0.3) is 0 Å². The van der Waals surface area contributed by atoms with Crippen LogP contribution in [-0.2, 0) is 13.6 Å². The minimum Gasteiger partial charge on any atom is -0.305 e. The Hall–Kier alpha value is -3.17. The maximum atomic E-state index is 13.7. The van der Waals surface area contributed by atoms with Crippen molar-refractivity contribution in [1.29, 1.82) is 0 Å². The summed E-state index contributed by atoms with van der Waals surface area (Å²) in [6.07, 6.45) is 2.70. The van der Waals surface area contributed by atoms with Gasteiger partial charge in [-0.1, -0.05) is 0 Å². The lowest BCUT2D eigenvalue weighted by Gasteiger charge is -2.07. The topological polar surface area (TPSA) is 64.7 Å². The number of aromatic nitrogens is 4. The summed E-state index contributed by atoms with van der Waals surface area (Å²) in [5, 5.41) is 10.4. The Morgan fingerprint density at radius 2 is 1.85 bits per heavy atom. The second kappa shape index (κ2) is 6.62. The number of rotatable bonds is 4. The molecule has 1 amide bonds. The smallest absolute Gasteiger partial charge is 0.260 e. The van der Waals surface area contributed by atoms with Crippen LogP contribution < -0.4 is 5.32 Å². The fraction of sp³-hybridized carbons (Fsp3) is 0.188. The molecule has 0 aliphatic rings. The molecule has 0 saturated carbocycles. The number of nitrogens with one attached hydrogen (secondary N) is 1. The number of carbonyl (C=O) groups excluding carboxylic acids is 1. The normalized spacial score (nSPS) is 11.0. The summed E-state index contributed by atoms with van der Waals surface area (Å²) in [4.78, 5) is 12.2. The zero-order chi connectivity index (χ0) is 19.0. The fourth-order valence-electron chi connectivity index (χ4n) is 2.35. The number of hydrogen-bond acceptors (Lipinski definition) is 3. The number of anilines is 1. The molecule has 0 aliphatic carbocycles. The van der Waals surface area contributed by atoms with Crippen molar-refractivity contribution in [3.05, 3.63) is 64.6 Å². The number of aryl methyl sites for hydroxylation is 1.